The molecule has 1 fully saturated rings. The van der Waals surface area contributed by atoms with Crippen LogP contribution in [0.2, 0.25) is 0 Å². The van der Waals surface area contributed by atoms with E-state index in [-0.39, 0.29) is 41.9 Å². The Morgan fingerprint density at radius 1 is 1.24 bits per heavy atom. The Labute approximate surface area is 201 Å². The predicted molar refractivity (Wildman–Crippen MR) is 123 cm³/mol. The zero-order valence-corrected chi connectivity index (χ0v) is 21.5. The molecular formula is C21H31N3O8S2. The predicted octanol–water partition coefficient (Wildman–Crippen LogP) is 1.98. The molecule has 1 N–H and O–H groups in total. The minimum atomic E-state index is -3.89. The number of carbonyl (C=O) groups is 1. The SMILES string of the molecule is C[C@H](COS(C)(=O)=O)Oc1cc(S(=O)(=O)N2CCC(NC(=O)OC(C)(C)C)CC2)ccc1C#N. The normalized spacial score (nSPS) is 16.9. The summed E-state index contributed by atoms with van der Waals surface area (Å²) in [5.74, 6) is 0.00894. The van der Waals surface area contributed by atoms with Gasteiger partial charge in [0.05, 0.1) is 16.7 Å². The number of hydrogen-bond donors (Lipinski definition) is 1. The molecule has 190 valence electrons. The van der Waals surface area contributed by atoms with E-state index in [2.05, 4.69) is 5.32 Å². The number of nitriles is 1. The minimum absolute atomic E-state index is 0.00894. The summed E-state index contributed by atoms with van der Waals surface area (Å²) in [6.07, 6.45) is 0.432. The van der Waals surface area contributed by atoms with Gasteiger partial charge < -0.3 is 14.8 Å². The number of carbonyl (C=O) groups excluding carboxylic acids is 1. The van der Waals surface area contributed by atoms with Crippen LogP contribution >= 0.6 is 0 Å². The summed E-state index contributed by atoms with van der Waals surface area (Å²) in [6, 6.07) is 5.62. The van der Waals surface area contributed by atoms with E-state index >= 15 is 0 Å². The summed E-state index contributed by atoms with van der Waals surface area (Å²) in [5, 5.41) is 12.1. The second-order valence-corrected chi connectivity index (χ2v) is 12.6. The molecule has 0 aliphatic carbocycles. The third kappa shape index (κ3) is 8.43. The molecule has 0 bridgehead atoms. The van der Waals surface area contributed by atoms with E-state index in [0.717, 1.165) is 6.26 Å². The summed E-state index contributed by atoms with van der Waals surface area (Å²) in [6.45, 7) is 6.91. The highest BCUT2D eigenvalue weighted by Crippen LogP contribution is 2.27. The smallest absolute Gasteiger partial charge is 0.407 e. The highest BCUT2D eigenvalue weighted by molar-refractivity contribution is 7.89. The average molecular weight is 518 g/mol. The molecule has 1 heterocycles. The molecular weight excluding hydrogens is 486 g/mol. The molecule has 1 aliphatic heterocycles. The lowest BCUT2D eigenvalue weighted by molar-refractivity contribution is 0.0489. The molecule has 1 amide bonds. The fraction of sp³-hybridized carbons (Fsp3) is 0.619. The zero-order valence-electron chi connectivity index (χ0n) is 19.9. The van der Waals surface area contributed by atoms with Crippen molar-refractivity contribution in [1.82, 2.24) is 9.62 Å². The number of hydrogen-bond acceptors (Lipinski definition) is 9. The van der Waals surface area contributed by atoms with Crippen LogP contribution in [-0.4, -0.2) is 70.9 Å². The number of rotatable bonds is 8. The fourth-order valence-electron chi connectivity index (χ4n) is 3.19. The van der Waals surface area contributed by atoms with E-state index in [1.807, 2.05) is 6.07 Å². The Bertz CT molecular complexity index is 1130. The van der Waals surface area contributed by atoms with Crippen LogP contribution in [0.1, 0.15) is 46.1 Å². The van der Waals surface area contributed by atoms with Crippen molar-refractivity contribution >= 4 is 26.2 Å². The van der Waals surface area contributed by atoms with Gasteiger partial charge in [0.2, 0.25) is 10.0 Å². The third-order valence-electron chi connectivity index (χ3n) is 4.73. The van der Waals surface area contributed by atoms with Gasteiger partial charge >= 0.3 is 6.09 Å². The molecule has 2 rings (SSSR count). The molecule has 0 unspecified atom stereocenters. The number of ether oxygens (including phenoxy) is 2. The second kappa shape index (κ2) is 10.9. The topological polar surface area (TPSA) is 152 Å². The van der Waals surface area contributed by atoms with Crippen LogP contribution in [0.25, 0.3) is 0 Å². The van der Waals surface area contributed by atoms with Gasteiger partial charge in [-0.25, -0.2) is 13.2 Å². The Morgan fingerprint density at radius 3 is 2.38 bits per heavy atom. The Hall–Kier alpha value is -2.40. The van der Waals surface area contributed by atoms with Crippen molar-refractivity contribution in [2.75, 3.05) is 26.0 Å². The fourth-order valence-corrected chi connectivity index (χ4v) is 5.11. The summed E-state index contributed by atoms with van der Waals surface area (Å²) in [7, 11) is -7.56. The molecule has 1 saturated heterocycles. The molecule has 0 saturated carbocycles. The highest BCUT2D eigenvalue weighted by Gasteiger charge is 2.31. The maximum absolute atomic E-state index is 13.2. The number of nitrogens with one attached hydrogen (secondary N) is 1. The van der Waals surface area contributed by atoms with Crippen LogP contribution in [0, 0.1) is 11.3 Å². The van der Waals surface area contributed by atoms with Gasteiger partial charge in [-0.3, -0.25) is 4.18 Å². The van der Waals surface area contributed by atoms with Gasteiger partial charge in [0, 0.05) is 25.2 Å². The molecule has 0 spiro atoms. The van der Waals surface area contributed by atoms with E-state index in [9.17, 15) is 26.9 Å². The monoisotopic (exact) mass is 517 g/mol. The Morgan fingerprint density at radius 2 is 1.85 bits per heavy atom. The zero-order chi connectivity index (χ0) is 25.7. The quantitative estimate of drug-likeness (QED) is 0.510. The van der Waals surface area contributed by atoms with Crippen LogP contribution in [0.5, 0.6) is 5.75 Å². The summed E-state index contributed by atoms with van der Waals surface area (Å²) in [4.78, 5) is 11.9. The van der Waals surface area contributed by atoms with Crippen molar-refractivity contribution in [3.63, 3.8) is 0 Å². The van der Waals surface area contributed by atoms with Crippen LogP contribution in [-0.2, 0) is 29.1 Å². The van der Waals surface area contributed by atoms with Gasteiger partial charge in [0.25, 0.3) is 10.1 Å². The van der Waals surface area contributed by atoms with Crippen molar-refractivity contribution in [2.24, 2.45) is 0 Å². The number of alkyl carbamates (subject to hydrolysis) is 1. The molecule has 11 nitrogen and oxygen atoms in total. The summed E-state index contributed by atoms with van der Waals surface area (Å²) < 4.78 is 65.5. The van der Waals surface area contributed by atoms with Crippen LogP contribution < -0.4 is 10.1 Å². The molecule has 1 atom stereocenters. The lowest BCUT2D eigenvalue weighted by Crippen LogP contribution is -2.47. The molecule has 1 aromatic carbocycles. The Kier molecular flexibility index (Phi) is 8.92. The minimum Gasteiger partial charge on any atom is -0.487 e. The van der Waals surface area contributed by atoms with E-state index in [4.69, 9.17) is 13.7 Å². The van der Waals surface area contributed by atoms with Gasteiger partial charge in [-0.2, -0.15) is 18.0 Å². The number of nitrogens with zero attached hydrogens (tertiary/aromatic N) is 2. The molecule has 34 heavy (non-hydrogen) atoms. The molecule has 0 aromatic heterocycles. The first-order valence-corrected chi connectivity index (χ1v) is 13.9. The van der Waals surface area contributed by atoms with E-state index in [1.54, 1.807) is 20.8 Å². The molecule has 1 aromatic rings. The second-order valence-electron chi connectivity index (χ2n) is 9.01. The summed E-state index contributed by atoms with van der Waals surface area (Å²) >= 11 is 0. The molecule has 0 radical (unpaired) electrons. The largest absolute Gasteiger partial charge is 0.487 e. The lowest BCUT2D eigenvalue weighted by atomic mass is 10.1. The van der Waals surface area contributed by atoms with E-state index in [0.29, 0.717) is 12.8 Å². The van der Waals surface area contributed by atoms with E-state index < -0.39 is 37.9 Å². The van der Waals surface area contributed by atoms with Gasteiger partial charge in [0.15, 0.2) is 0 Å². The van der Waals surface area contributed by atoms with Crippen molar-refractivity contribution < 1.29 is 35.3 Å². The molecule has 1 aliphatic rings. The first kappa shape index (κ1) is 27.8. The van der Waals surface area contributed by atoms with E-state index in [1.165, 1.54) is 29.4 Å². The number of piperidine rings is 1. The van der Waals surface area contributed by atoms with Crippen molar-refractivity contribution in [2.45, 2.75) is 63.2 Å². The first-order valence-electron chi connectivity index (χ1n) is 10.7. The third-order valence-corrected chi connectivity index (χ3v) is 7.19. The average Bonchev–Trinajstić information content (AvgIpc) is 2.70. The maximum Gasteiger partial charge on any atom is 0.407 e. The van der Waals surface area contributed by atoms with Crippen molar-refractivity contribution in [1.29, 1.82) is 5.26 Å². The van der Waals surface area contributed by atoms with Gasteiger partial charge in [0.1, 0.15) is 30.1 Å². The first-order chi connectivity index (χ1) is 15.6. The van der Waals surface area contributed by atoms with Crippen LogP contribution in [0.3, 0.4) is 0 Å². The van der Waals surface area contributed by atoms with Gasteiger partial charge in [-0.1, -0.05) is 0 Å². The number of sulfonamides is 1. The van der Waals surface area contributed by atoms with Gasteiger partial charge in [-0.05, 0) is 52.7 Å². The molecule has 13 heteroatoms. The lowest BCUT2D eigenvalue weighted by Gasteiger charge is -2.32. The maximum atomic E-state index is 13.2. The van der Waals surface area contributed by atoms with Crippen molar-refractivity contribution in [3.8, 4) is 11.8 Å². The summed E-state index contributed by atoms with van der Waals surface area (Å²) in [5.41, 5.74) is -0.525. The highest BCUT2D eigenvalue weighted by atomic mass is 32.2. The number of amides is 1. The van der Waals surface area contributed by atoms with Crippen molar-refractivity contribution in [3.05, 3.63) is 23.8 Å². The van der Waals surface area contributed by atoms with Gasteiger partial charge in [-0.15, -0.1) is 0 Å². The Balaban J connectivity index is 2.08. The van der Waals surface area contributed by atoms with Crippen LogP contribution in [0.4, 0.5) is 4.79 Å². The number of benzene rings is 1. The standard InChI is InChI=1S/C21H31N3O8S2/c1-15(14-30-33(5,26)27)31-19-12-18(7-6-16(19)13-22)34(28,29)24-10-8-17(9-11-24)23-20(25)32-21(2,3)4/h6-7,12,15,17H,8-11,14H2,1-5H3,(H,23,25)/t15-/m1/s1. The van der Waals surface area contributed by atoms with Crippen LogP contribution in [0.15, 0.2) is 23.1 Å².